The average molecular weight is 452 g/mol. The van der Waals surface area contributed by atoms with Crippen LogP contribution in [0.15, 0.2) is 76.9 Å². The molecule has 158 valence electrons. The quantitative estimate of drug-likeness (QED) is 0.631. The molecule has 0 bridgehead atoms. The predicted molar refractivity (Wildman–Crippen MR) is 125 cm³/mol. The molecule has 2 heterocycles. The summed E-state index contributed by atoms with van der Waals surface area (Å²) in [5, 5.41) is 11.2. The molecule has 2 N–H and O–H groups in total. The van der Waals surface area contributed by atoms with Crippen molar-refractivity contribution in [3.8, 4) is 6.07 Å². The van der Waals surface area contributed by atoms with Crippen molar-refractivity contribution in [3.63, 3.8) is 0 Å². The van der Waals surface area contributed by atoms with Crippen LogP contribution in [0.5, 0.6) is 0 Å². The fourth-order valence-electron chi connectivity index (χ4n) is 4.21. The van der Waals surface area contributed by atoms with E-state index in [1.54, 1.807) is 0 Å². The van der Waals surface area contributed by atoms with E-state index < -0.39 is 0 Å². The maximum atomic E-state index is 9.88. The van der Waals surface area contributed by atoms with Gasteiger partial charge in [0.05, 0.1) is 5.92 Å². The molecule has 1 atom stereocenters. The summed E-state index contributed by atoms with van der Waals surface area (Å²) >= 11 is 12.2. The molecule has 2 aromatic carbocycles. The summed E-state index contributed by atoms with van der Waals surface area (Å²) in [5.41, 5.74) is 10.8. The summed E-state index contributed by atoms with van der Waals surface area (Å²) in [6.45, 7) is 4.58. The number of halogens is 2. The molecule has 0 radical (unpaired) electrons. The lowest BCUT2D eigenvalue weighted by molar-refractivity contribution is 0.234. The van der Waals surface area contributed by atoms with E-state index in [1.807, 2.05) is 48.5 Å². The van der Waals surface area contributed by atoms with Gasteiger partial charge in [-0.25, -0.2) is 0 Å². The Hall–Kier alpha value is -2.71. The van der Waals surface area contributed by atoms with E-state index in [0.29, 0.717) is 22.2 Å². The van der Waals surface area contributed by atoms with E-state index in [4.69, 9.17) is 33.7 Å². The number of ether oxygens (including phenoxy) is 1. The maximum Gasteiger partial charge on any atom is 0.205 e. The first kappa shape index (κ1) is 21.5. The van der Waals surface area contributed by atoms with Crippen LogP contribution >= 0.6 is 23.2 Å². The lowest BCUT2D eigenvalue weighted by Gasteiger charge is -2.38. The van der Waals surface area contributed by atoms with Crippen molar-refractivity contribution in [1.82, 2.24) is 4.90 Å². The Kier molecular flexibility index (Phi) is 6.38. The first-order valence-electron chi connectivity index (χ1n) is 10.2. The molecule has 0 saturated carbocycles. The van der Waals surface area contributed by atoms with Gasteiger partial charge in [-0.3, -0.25) is 4.90 Å². The van der Waals surface area contributed by atoms with Crippen molar-refractivity contribution in [2.75, 3.05) is 19.6 Å². The summed E-state index contributed by atoms with van der Waals surface area (Å²) in [5.74, 6) is 0.658. The first-order valence-corrected chi connectivity index (χ1v) is 11.0. The van der Waals surface area contributed by atoms with Crippen molar-refractivity contribution in [2.45, 2.75) is 19.3 Å². The highest BCUT2D eigenvalue weighted by Gasteiger charge is 2.37. The van der Waals surface area contributed by atoms with Crippen molar-refractivity contribution in [3.05, 3.63) is 98.1 Å². The first-order chi connectivity index (χ1) is 15.0. The molecule has 0 fully saturated rings. The van der Waals surface area contributed by atoms with Crippen LogP contribution in [0.25, 0.3) is 6.08 Å². The molecule has 0 amide bonds. The Labute approximate surface area is 192 Å². The molecule has 0 aliphatic carbocycles. The molecule has 2 aromatic rings. The number of nitriles is 1. The predicted octanol–water partition coefficient (Wildman–Crippen LogP) is 5.86. The van der Waals surface area contributed by atoms with E-state index in [9.17, 15) is 5.26 Å². The van der Waals surface area contributed by atoms with Crippen LogP contribution in [0.1, 0.15) is 30.4 Å². The number of hydrogen-bond donors (Lipinski definition) is 1. The van der Waals surface area contributed by atoms with Gasteiger partial charge in [0.15, 0.2) is 0 Å². The number of allylic oxidation sites excluding steroid dienone is 1. The monoisotopic (exact) mass is 451 g/mol. The number of hydrogen-bond acceptors (Lipinski definition) is 4. The molecule has 6 heteroatoms. The normalized spacial score (nSPS) is 20.5. The van der Waals surface area contributed by atoms with Gasteiger partial charge in [-0.2, -0.15) is 5.26 Å². The second-order valence-electron chi connectivity index (χ2n) is 7.76. The minimum Gasteiger partial charge on any atom is -0.440 e. The van der Waals surface area contributed by atoms with Gasteiger partial charge in [0.1, 0.15) is 17.4 Å². The van der Waals surface area contributed by atoms with Crippen LogP contribution in [0.2, 0.25) is 10.0 Å². The molecule has 2 aliphatic rings. The molecule has 4 rings (SSSR count). The number of nitrogens with two attached hydrogens (primary N) is 1. The standard InChI is InChI=1S/C25H23Cl2N3O/c1-2-11-30-14-18(12-16-3-7-19(26)8-4-16)24-22(15-30)23(21(13-28)25(29)31-24)17-5-9-20(27)10-6-17/h3-10,12,23H,2,11,14-15,29H2,1H3/b18-12+. The summed E-state index contributed by atoms with van der Waals surface area (Å²) < 4.78 is 6.07. The zero-order chi connectivity index (χ0) is 22.0. The molecule has 0 spiro atoms. The molecule has 1 unspecified atom stereocenters. The Balaban J connectivity index is 1.85. The fourth-order valence-corrected chi connectivity index (χ4v) is 4.46. The largest absolute Gasteiger partial charge is 0.440 e. The van der Waals surface area contributed by atoms with Gasteiger partial charge in [-0.15, -0.1) is 0 Å². The lowest BCUT2D eigenvalue weighted by Crippen LogP contribution is -2.38. The van der Waals surface area contributed by atoms with Crippen LogP contribution in [0.4, 0.5) is 0 Å². The van der Waals surface area contributed by atoms with E-state index >= 15 is 0 Å². The molecule has 4 nitrogen and oxygen atoms in total. The van der Waals surface area contributed by atoms with Gasteiger partial charge < -0.3 is 10.5 Å². The summed E-state index contributed by atoms with van der Waals surface area (Å²) in [6, 6.07) is 17.6. The van der Waals surface area contributed by atoms with Crippen LogP contribution in [-0.4, -0.2) is 24.5 Å². The average Bonchev–Trinajstić information content (AvgIpc) is 2.76. The Morgan fingerprint density at radius 2 is 1.74 bits per heavy atom. The number of rotatable bonds is 4. The van der Waals surface area contributed by atoms with Gasteiger partial charge in [-0.1, -0.05) is 54.4 Å². The topological polar surface area (TPSA) is 62.3 Å². The molecule has 0 aromatic heterocycles. The molecule has 0 saturated heterocycles. The van der Waals surface area contributed by atoms with E-state index in [0.717, 1.165) is 47.5 Å². The third kappa shape index (κ3) is 4.50. The third-order valence-electron chi connectivity index (χ3n) is 5.56. The Morgan fingerprint density at radius 1 is 1.10 bits per heavy atom. The Morgan fingerprint density at radius 3 is 2.35 bits per heavy atom. The minimum atomic E-state index is -0.265. The second kappa shape index (κ2) is 9.20. The van der Waals surface area contributed by atoms with Crippen LogP contribution < -0.4 is 5.73 Å². The highest BCUT2D eigenvalue weighted by Crippen LogP contribution is 2.44. The van der Waals surface area contributed by atoms with E-state index in [-0.39, 0.29) is 11.8 Å². The smallest absolute Gasteiger partial charge is 0.205 e. The summed E-state index contributed by atoms with van der Waals surface area (Å²) in [4.78, 5) is 2.38. The van der Waals surface area contributed by atoms with Gasteiger partial charge in [0.2, 0.25) is 5.88 Å². The number of nitrogens with zero attached hydrogens (tertiary/aromatic N) is 2. The molecular formula is C25H23Cl2N3O. The second-order valence-corrected chi connectivity index (χ2v) is 8.64. The van der Waals surface area contributed by atoms with Gasteiger partial charge in [-0.05, 0) is 60.0 Å². The Bertz CT molecular complexity index is 1110. The zero-order valence-electron chi connectivity index (χ0n) is 17.2. The van der Waals surface area contributed by atoms with Crippen LogP contribution in [0, 0.1) is 11.3 Å². The SMILES string of the molecule is CCCN1CC2=C(OC(N)=C(C#N)C2c2ccc(Cl)cc2)/C(=C/c2ccc(Cl)cc2)C1. The molecular weight excluding hydrogens is 429 g/mol. The van der Waals surface area contributed by atoms with Crippen molar-refractivity contribution in [2.24, 2.45) is 5.73 Å². The van der Waals surface area contributed by atoms with Crippen molar-refractivity contribution < 1.29 is 4.74 Å². The van der Waals surface area contributed by atoms with Crippen molar-refractivity contribution >= 4 is 29.3 Å². The van der Waals surface area contributed by atoms with E-state index in [2.05, 4.69) is 24.0 Å². The zero-order valence-corrected chi connectivity index (χ0v) is 18.7. The summed E-state index contributed by atoms with van der Waals surface area (Å²) in [7, 11) is 0. The fraction of sp³-hybridized carbons (Fsp3) is 0.240. The molecule has 31 heavy (non-hydrogen) atoms. The highest BCUT2D eigenvalue weighted by molar-refractivity contribution is 6.30. The lowest BCUT2D eigenvalue weighted by atomic mass is 9.80. The maximum absolute atomic E-state index is 9.88. The van der Waals surface area contributed by atoms with E-state index in [1.165, 1.54) is 0 Å². The van der Waals surface area contributed by atoms with Gasteiger partial charge >= 0.3 is 0 Å². The minimum absolute atomic E-state index is 0.159. The summed E-state index contributed by atoms with van der Waals surface area (Å²) in [6.07, 6.45) is 3.14. The van der Waals surface area contributed by atoms with Crippen LogP contribution in [0.3, 0.4) is 0 Å². The molecule has 2 aliphatic heterocycles. The van der Waals surface area contributed by atoms with Crippen molar-refractivity contribution in [1.29, 1.82) is 5.26 Å². The van der Waals surface area contributed by atoms with Gasteiger partial charge in [0.25, 0.3) is 0 Å². The highest BCUT2D eigenvalue weighted by atomic mass is 35.5. The third-order valence-corrected chi connectivity index (χ3v) is 6.06. The van der Waals surface area contributed by atoms with Gasteiger partial charge in [0, 0.05) is 28.7 Å². The van der Waals surface area contributed by atoms with Crippen LogP contribution in [-0.2, 0) is 4.74 Å². The number of benzene rings is 2.